The largest absolute Gasteiger partial charge is 0.295 e. The van der Waals surface area contributed by atoms with E-state index in [2.05, 4.69) is 0 Å². The van der Waals surface area contributed by atoms with Crippen LogP contribution in [0.1, 0.15) is 22.8 Å². The van der Waals surface area contributed by atoms with Crippen LogP contribution in [0.2, 0.25) is 0 Å². The van der Waals surface area contributed by atoms with Gasteiger partial charge in [0, 0.05) is 11.6 Å². The van der Waals surface area contributed by atoms with Gasteiger partial charge in [0.15, 0.2) is 5.78 Å². The van der Waals surface area contributed by atoms with Gasteiger partial charge >= 0.3 is 0 Å². The van der Waals surface area contributed by atoms with Gasteiger partial charge in [0.2, 0.25) is 0 Å². The molecule has 0 N–H and O–H groups in total. The first-order valence-electron chi connectivity index (χ1n) is 3.75. The highest BCUT2D eigenvalue weighted by atomic mass is 16.6. The molecule has 1 aromatic carbocycles. The minimum Gasteiger partial charge on any atom is -0.295 e. The molecule has 1 rings (SSSR count). The molecule has 0 spiro atoms. The number of Topliss-reactive ketones (excluding diaryl/α,β-unsaturated/α-hetero) is 1. The molecule has 0 radical (unpaired) electrons. The van der Waals surface area contributed by atoms with E-state index in [0.29, 0.717) is 5.56 Å². The summed E-state index contributed by atoms with van der Waals surface area (Å²) in [7, 11) is 0. The number of nitriles is 1. The maximum Gasteiger partial charge on any atom is 0.287 e. The van der Waals surface area contributed by atoms with Crippen molar-refractivity contribution in [3.8, 4) is 6.07 Å². The monoisotopic (exact) mass is 190 g/mol. The van der Waals surface area contributed by atoms with Crippen LogP contribution < -0.4 is 0 Å². The molecule has 0 saturated carbocycles. The average Bonchev–Trinajstić information content (AvgIpc) is 2.16. The van der Waals surface area contributed by atoms with Gasteiger partial charge in [0.25, 0.3) is 5.69 Å². The number of nitrogens with zero attached hydrogens (tertiary/aromatic N) is 2. The van der Waals surface area contributed by atoms with Crippen LogP contribution in [0.4, 0.5) is 5.69 Å². The molecule has 1 aromatic rings. The standard InChI is InChI=1S/C9H6N2O3/c1-6(12)7-2-3-9(11(13)14)8(4-7)5-10/h2-4H,1H3. The van der Waals surface area contributed by atoms with Gasteiger partial charge in [-0.1, -0.05) is 0 Å². The highest BCUT2D eigenvalue weighted by molar-refractivity contribution is 5.94. The number of hydrogen-bond donors (Lipinski definition) is 0. The topological polar surface area (TPSA) is 84.0 Å². The van der Waals surface area contributed by atoms with Gasteiger partial charge in [0.05, 0.1) is 4.92 Å². The molecule has 0 atom stereocenters. The minimum atomic E-state index is -0.650. The molecule has 70 valence electrons. The first-order chi connectivity index (χ1) is 6.56. The second kappa shape index (κ2) is 3.66. The van der Waals surface area contributed by atoms with Gasteiger partial charge in [-0.05, 0) is 19.1 Å². The molecule has 0 unspecified atom stereocenters. The fourth-order valence-electron chi connectivity index (χ4n) is 1.00. The van der Waals surface area contributed by atoms with Crippen LogP contribution >= 0.6 is 0 Å². The Morgan fingerprint density at radius 2 is 2.21 bits per heavy atom. The van der Waals surface area contributed by atoms with Crippen molar-refractivity contribution in [2.45, 2.75) is 6.92 Å². The van der Waals surface area contributed by atoms with E-state index in [-0.39, 0.29) is 17.0 Å². The molecule has 0 amide bonds. The molecular weight excluding hydrogens is 184 g/mol. The Bertz CT molecular complexity index is 446. The van der Waals surface area contributed by atoms with Crippen molar-refractivity contribution in [1.29, 1.82) is 5.26 Å². The lowest BCUT2D eigenvalue weighted by atomic mass is 10.1. The lowest BCUT2D eigenvalue weighted by Gasteiger charge is -1.97. The van der Waals surface area contributed by atoms with E-state index in [0.717, 1.165) is 6.07 Å². The summed E-state index contributed by atoms with van der Waals surface area (Å²) in [5.74, 6) is -0.226. The SMILES string of the molecule is CC(=O)c1ccc([N+](=O)[O-])c(C#N)c1. The Morgan fingerprint density at radius 1 is 1.57 bits per heavy atom. The van der Waals surface area contributed by atoms with Crippen molar-refractivity contribution in [3.05, 3.63) is 39.4 Å². The quantitative estimate of drug-likeness (QED) is 0.403. The first kappa shape index (κ1) is 9.86. The van der Waals surface area contributed by atoms with Crippen LogP contribution in [-0.2, 0) is 0 Å². The Morgan fingerprint density at radius 3 is 2.64 bits per heavy atom. The van der Waals surface area contributed by atoms with Crippen molar-refractivity contribution < 1.29 is 9.72 Å². The Balaban J connectivity index is 3.34. The zero-order valence-electron chi connectivity index (χ0n) is 7.35. The highest BCUT2D eigenvalue weighted by Gasteiger charge is 2.14. The average molecular weight is 190 g/mol. The first-order valence-corrected chi connectivity index (χ1v) is 3.75. The summed E-state index contributed by atoms with van der Waals surface area (Å²) < 4.78 is 0. The summed E-state index contributed by atoms with van der Waals surface area (Å²) >= 11 is 0. The van der Waals surface area contributed by atoms with Crippen LogP contribution in [-0.4, -0.2) is 10.7 Å². The molecule has 0 fully saturated rings. The number of benzene rings is 1. The van der Waals surface area contributed by atoms with Gasteiger partial charge in [-0.2, -0.15) is 5.26 Å². The Kier molecular flexibility index (Phi) is 2.58. The van der Waals surface area contributed by atoms with E-state index >= 15 is 0 Å². The van der Waals surface area contributed by atoms with E-state index in [9.17, 15) is 14.9 Å². The number of ketones is 1. The lowest BCUT2D eigenvalue weighted by molar-refractivity contribution is -0.385. The summed E-state index contributed by atoms with van der Waals surface area (Å²) in [5.41, 5.74) is -0.0765. The molecule has 0 heterocycles. The molecule has 14 heavy (non-hydrogen) atoms. The summed E-state index contributed by atoms with van der Waals surface area (Å²) in [5, 5.41) is 19.0. The van der Waals surface area contributed by atoms with E-state index < -0.39 is 4.92 Å². The zero-order chi connectivity index (χ0) is 10.7. The van der Waals surface area contributed by atoms with E-state index in [1.54, 1.807) is 6.07 Å². The van der Waals surface area contributed by atoms with Gasteiger partial charge in [-0.25, -0.2) is 0 Å². The van der Waals surface area contributed by atoms with Crippen molar-refractivity contribution in [3.63, 3.8) is 0 Å². The molecule has 0 aliphatic heterocycles. The predicted molar refractivity (Wildman–Crippen MR) is 47.8 cm³/mol. The number of hydrogen-bond acceptors (Lipinski definition) is 4. The molecule has 0 aliphatic carbocycles. The highest BCUT2D eigenvalue weighted by Crippen LogP contribution is 2.19. The predicted octanol–water partition coefficient (Wildman–Crippen LogP) is 1.67. The normalized spacial score (nSPS) is 9.14. The zero-order valence-corrected chi connectivity index (χ0v) is 7.35. The summed E-state index contributed by atoms with van der Waals surface area (Å²) in [6.07, 6.45) is 0. The molecule has 5 nitrogen and oxygen atoms in total. The van der Waals surface area contributed by atoms with Crippen LogP contribution in [0.15, 0.2) is 18.2 Å². The fraction of sp³-hybridized carbons (Fsp3) is 0.111. The summed E-state index contributed by atoms with van der Waals surface area (Å²) in [6, 6.07) is 5.40. The van der Waals surface area contributed by atoms with Crippen molar-refractivity contribution >= 4 is 11.5 Å². The summed E-state index contributed by atoms with van der Waals surface area (Å²) in [4.78, 5) is 20.7. The fourth-order valence-corrected chi connectivity index (χ4v) is 1.00. The second-order valence-electron chi connectivity index (χ2n) is 2.66. The number of carbonyl (C=O) groups is 1. The second-order valence-corrected chi connectivity index (χ2v) is 2.66. The van der Waals surface area contributed by atoms with Gasteiger partial charge in [-0.3, -0.25) is 14.9 Å². The molecule has 5 heteroatoms. The maximum absolute atomic E-state index is 10.9. The van der Waals surface area contributed by atoms with Gasteiger partial charge in [-0.15, -0.1) is 0 Å². The van der Waals surface area contributed by atoms with E-state index in [1.165, 1.54) is 19.1 Å². The third kappa shape index (κ3) is 1.75. The molecule has 0 saturated heterocycles. The van der Waals surface area contributed by atoms with Gasteiger partial charge < -0.3 is 0 Å². The van der Waals surface area contributed by atoms with E-state index in [1.807, 2.05) is 0 Å². The van der Waals surface area contributed by atoms with Crippen LogP contribution in [0.25, 0.3) is 0 Å². The number of nitro benzene ring substituents is 1. The summed E-state index contributed by atoms with van der Waals surface area (Å²) in [6.45, 7) is 1.34. The van der Waals surface area contributed by atoms with Gasteiger partial charge in [0.1, 0.15) is 11.6 Å². The lowest BCUT2D eigenvalue weighted by Crippen LogP contribution is -1.97. The van der Waals surface area contributed by atoms with Crippen molar-refractivity contribution in [2.24, 2.45) is 0 Å². The number of nitro groups is 1. The Labute approximate surface area is 79.7 Å². The smallest absolute Gasteiger partial charge is 0.287 e. The van der Waals surface area contributed by atoms with Crippen molar-refractivity contribution in [1.82, 2.24) is 0 Å². The van der Waals surface area contributed by atoms with Crippen LogP contribution in [0.5, 0.6) is 0 Å². The third-order valence-electron chi connectivity index (χ3n) is 1.72. The molecule has 0 bridgehead atoms. The number of rotatable bonds is 2. The van der Waals surface area contributed by atoms with Crippen molar-refractivity contribution in [2.75, 3.05) is 0 Å². The third-order valence-corrected chi connectivity index (χ3v) is 1.72. The molecule has 0 aliphatic rings. The minimum absolute atomic E-state index is 0.0947. The van der Waals surface area contributed by atoms with Crippen LogP contribution in [0, 0.1) is 21.4 Å². The maximum atomic E-state index is 10.9. The molecular formula is C9H6N2O3. The molecule has 0 aromatic heterocycles. The van der Waals surface area contributed by atoms with Crippen LogP contribution in [0.3, 0.4) is 0 Å². The van der Waals surface area contributed by atoms with E-state index in [4.69, 9.17) is 5.26 Å². The Hall–Kier alpha value is -2.22. The number of carbonyl (C=O) groups excluding carboxylic acids is 1.